The van der Waals surface area contributed by atoms with Crippen LogP contribution in [-0.2, 0) is 52.4 Å². The van der Waals surface area contributed by atoms with E-state index in [1.165, 1.54) is 134 Å². The van der Waals surface area contributed by atoms with E-state index >= 15 is 0 Å². The molecule has 0 amide bonds. The summed E-state index contributed by atoms with van der Waals surface area (Å²) < 4.78 is 0. The Kier molecular flexibility index (Phi) is 15.3. The molecule has 0 aromatic heterocycles. The number of rotatable bonds is 0. The largest absolute Gasteiger partial charge is 2.00 e. The van der Waals surface area contributed by atoms with Gasteiger partial charge in [0.2, 0.25) is 0 Å². The first-order chi connectivity index (χ1) is 35.0. The summed E-state index contributed by atoms with van der Waals surface area (Å²) in [6, 6.07) is 64.1. The monoisotopic (exact) mass is 1170 g/mol. The summed E-state index contributed by atoms with van der Waals surface area (Å²) in [6.45, 7) is 17.1. The minimum Gasteiger partial charge on any atom is -1.00 e. The van der Waals surface area contributed by atoms with Gasteiger partial charge >= 0.3 is 52.4 Å². The number of nitrogens with zero attached hydrogens (tertiary/aromatic N) is 4. The number of allylic oxidation sites excluding steroid dienone is 8. The van der Waals surface area contributed by atoms with Crippen molar-refractivity contribution in [1.82, 2.24) is 0 Å². The fraction of sp³-hybridized carbons (Fsp3) is 0.118. The molecular formula is C68H48Cl2N4Zr2-2. The first-order valence-electron chi connectivity index (χ1n) is 24.7. The van der Waals surface area contributed by atoms with E-state index in [9.17, 15) is 0 Å². The third-order valence-corrected chi connectivity index (χ3v) is 14.9. The van der Waals surface area contributed by atoms with E-state index in [4.69, 9.17) is 20.0 Å². The van der Waals surface area contributed by atoms with Crippen LogP contribution < -0.4 is 24.8 Å². The number of halogens is 2. The van der Waals surface area contributed by atoms with Crippen LogP contribution in [0.15, 0.2) is 166 Å². The maximum absolute atomic E-state index is 4.79. The Bertz CT molecular complexity index is 3540. The maximum Gasteiger partial charge on any atom is 2.00 e. The minimum absolute atomic E-state index is 0. The summed E-state index contributed by atoms with van der Waals surface area (Å²) in [6.07, 6.45) is 0. The smallest absolute Gasteiger partial charge is 1.00 e. The van der Waals surface area contributed by atoms with Crippen molar-refractivity contribution in [2.45, 2.75) is 55.4 Å². The van der Waals surface area contributed by atoms with E-state index in [2.05, 4.69) is 201 Å². The van der Waals surface area contributed by atoms with E-state index in [-0.39, 0.29) is 77.2 Å². The van der Waals surface area contributed by atoms with E-state index in [1.807, 2.05) is 24.3 Å². The molecule has 8 aromatic rings. The molecule has 0 atom stereocenters. The molecule has 8 aromatic carbocycles. The first-order valence-corrected chi connectivity index (χ1v) is 24.7. The molecule has 16 rings (SSSR count). The second-order valence-electron chi connectivity index (χ2n) is 19.8. The third-order valence-electron chi connectivity index (χ3n) is 14.9. The number of fused-ring (bicyclic) bond motifs is 20. The van der Waals surface area contributed by atoms with Gasteiger partial charge in [0.15, 0.2) is 0 Å². The summed E-state index contributed by atoms with van der Waals surface area (Å²) >= 11 is 0. The third kappa shape index (κ3) is 8.75. The molecule has 0 N–H and O–H groups in total. The van der Waals surface area contributed by atoms with Crippen molar-refractivity contribution in [3.63, 3.8) is 0 Å². The molecule has 0 fully saturated rings. The van der Waals surface area contributed by atoms with Crippen LogP contribution >= 0.6 is 0 Å². The predicted molar refractivity (Wildman–Crippen MR) is 301 cm³/mol. The second-order valence-corrected chi connectivity index (χ2v) is 19.8. The van der Waals surface area contributed by atoms with Crippen LogP contribution in [0.4, 0.5) is 22.7 Å². The van der Waals surface area contributed by atoms with Crippen LogP contribution in [-0.4, -0.2) is 22.8 Å². The Hall–Kier alpha value is -6.25. The topological polar surface area (TPSA) is 49.4 Å². The fourth-order valence-corrected chi connectivity index (χ4v) is 11.6. The van der Waals surface area contributed by atoms with Gasteiger partial charge in [0.05, 0.1) is 22.7 Å². The van der Waals surface area contributed by atoms with Crippen LogP contribution in [0.2, 0.25) is 0 Å². The van der Waals surface area contributed by atoms with Crippen LogP contribution in [0.5, 0.6) is 0 Å². The van der Waals surface area contributed by atoms with Crippen molar-refractivity contribution in [1.29, 1.82) is 0 Å². The molecule has 0 saturated heterocycles. The number of hydrogen-bond donors (Lipinski definition) is 0. The zero-order chi connectivity index (χ0) is 49.1. The molecule has 0 unspecified atom stereocenters. The standard InChI is InChI=1S/4C17H12N.2ClH.2Zr/c4*1-10-7-8-12-11(2)16-13-5-3-4-6-15(13)18-17(16)14(12)9-10;;;;/h4*3-7,9H,1-2H3;2*1H;;/q4*-1;;;2*+2/p-2. The molecule has 0 saturated carbocycles. The molecular weight excluding hydrogens is 1130 g/mol. The van der Waals surface area contributed by atoms with Crippen molar-refractivity contribution >= 4 is 90.2 Å². The quantitative estimate of drug-likeness (QED) is 0.136. The molecule has 0 bridgehead atoms. The molecule has 4 aliphatic carbocycles. The van der Waals surface area contributed by atoms with Crippen molar-refractivity contribution in [3.8, 4) is 0 Å². The number of para-hydroxylation sites is 4. The van der Waals surface area contributed by atoms with Crippen molar-refractivity contribution in [2.75, 3.05) is 0 Å². The van der Waals surface area contributed by atoms with Gasteiger partial charge in [-0.25, -0.2) is 0 Å². The Morgan fingerprint density at radius 2 is 0.474 bits per heavy atom. The average molecular weight is 1170 g/mol. The first kappa shape index (κ1) is 54.5. The molecule has 4 heterocycles. The fourth-order valence-electron chi connectivity index (χ4n) is 11.6. The van der Waals surface area contributed by atoms with Gasteiger partial charge < -0.3 is 24.8 Å². The summed E-state index contributed by atoms with van der Waals surface area (Å²) in [5.41, 5.74) is 39.0. The number of benzene rings is 8. The minimum atomic E-state index is 0. The van der Waals surface area contributed by atoms with Gasteiger partial charge in [-0.3, -0.25) is 20.0 Å². The van der Waals surface area contributed by atoms with Crippen molar-refractivity contribution in [2.24, 2.45) is 20.0 Å². The normalized spacial score (nSPS) is 14.5. The number of hydrogen-bond acceptors (Lipinski definition) is 4. The maximum atomic E-state index is 4.79. The van der Waals surface area contributed by atoms with E-state index in [0.29, 0.717) is 0 Å². The molecule has 0 spiro atoms. The van der Waals surface area contributed by atoms with Crippen LogP contribution in [0.3, 0.4) is 0 Å². The predicted octanol–water partition coefficient (Wildman–Crippen LogP) is 10.7. The SMILES string of the molecule is CC1=C2C(=Nc3ccccc32)c2cc(C)c[c-]c21.CC1=C2C(=Nc3ccccc32)c2cc(C)c[c-]c21.CC1=C2C(=Nc3ccccc32)c2cc(C)c[c-]c21.CC1=C2C(=Nc3ccccc32)c2cc(C)c[c-]c21.[Cl-].[Cl-].[Zr+2].[Zr+2]. The van der Waals surface area contributed by atoms with Crippen LogP contribution in [0, 0.1) is 52.0 Å². The number of aryl methyl sites for hydroxylation is 4. The van der Waals surface area contributed by atoms with Crippen LogP contribution in [0.1, 0.15) is 117 Å². The van der Waals surface area contributed by atoms with Gasteiger partial charge in [0.25, 0.3) is 0 Å². The van der Waals surface area contributed by atoms with Gasteiger partial charge in [-0.15, -0.1) is 140 Å². The van der Waals surface area contributed by atoms with E-state index in [0.717, 1.165) is 45.6 Å². The Balaban J connectivity index is 0.000000122. The van der Waals surface area contributed by atoms with Gasteiger partial charge in [-0.1, -0.05) is 150 Å². The van der Waals surface area contributed by atoms with E-state index < -0.39 is 0 Å². The Morgan fingerprint density at radius 1 is 0.276 bits per heavy atom. The second kappa shape index (κ2) is 21.3. The Labute approximate surface area is 497 Å². The van der Waals surface area contributed by atoms with Gasteiger partial charge in [-0.2, -0.15) is 0 Å². The molecule has 8 heteroatoms. The zero-order valence-corrected chi connectivity index (χ0v) is 49.8. The summed E-state index contributed by atoms with van der Waals surface area (Å²) in [4.78, 5) is 19.1. The zero-order valence-electron chi connectivity index (χ0n) is 43.4. The van der Waals surface area contributed by atoms with Gasteiger partial charge in [0, 0.05) is 22.8 Å². The molecule has 76 heavy (non-hydrogen) atoms. The van der Waals surface area contributed by atoms with E-state index in [1.54, 1.807) is 0 Å². The Morgan fingerprint density at radius 3 is 0.684 bits per heavy atom. The van der Waals surface area contributed by atoms with Crippen molar-refractivity contribution in [3.05, 3.63) is 259 Å². The van der Waals surface area contributed by atoms with Gasteiger partial charge in [0.1, 0.15) is 0 Å². The van der Waals surface area contributed by atoms with Crippen molar-refractivity contribution < 1.29 is 77.2 Å². The van der Waals surface area contributed by atoms with Gasteiger partial charge in [-0.05, 0) is 68.8 Å². The molecule has 8 aliphatic rings. The molecule has 0 radical (unpaired) electrons. The number of aliphatic imine (C=N–C) groups is 4. The van der Waals surface area contributed by atoms with Crippen LogP contribution in [0.25, 0.3) is 44.6 Å². The summed E-state index contributed by atoms with van der Waals surface area (Å²) in [5, 5.41) is 0. The molecule has 4 nitrogen and oxygen atoms in total. The summed E-state index contributed by atoms with van der Waals surface area (Å²) in [5.74, 6) is 0. The average Bonchev–Trinajstić information content (AvgIpc) is 4.28. The molecule has 4 aliphatic heterocycles. The molecule has 364 valence electrons. The summed E-state index contributed by atoms with van der Waals surface area (Å²) in [7, 11) is 0.